The molecule has 0 atom stereocenters. The second kappa shape index (κ2) is 7.20. The molecule has 0 bridgehead atoms. The lowest BCUT2D eigenvalue weighted by Gasteiger charge is -2.09. The Hall–Kier alpha value is -2.10. The van der Waals surface area contributed by atoms with Crippen LogP contribution in [0.25, 0.3) is 16.8 Å². The van der Waals surface area contributed by atoms with E-state index in [0.717, 1.165) is 17.7 Å². The number of halogens is 1. The molecule has 0 radical (unpaired) electrons. The molecular weight excluding hydrogens is 320 g/mol. The molecule has 1 N–H and O–H groups in total. The van der Waals surface area contributed by atoms with Gasteiger partial charge in [0, 0.05) is 5.56 Å². The maximum absolute atomic E-state index is 9.22. The summed E-state index contributed by atoms with van der Waals surface area (Å²) in [6.07, 6.45) is 2.67. The van der Waals surface area contributed by atoms with Crippen molar-refractivity contribution in [2.45, 2.75) is 26.9 Å². The average molecular weight is 341 g/mol. The van der Waals surface area contributed by atoms with Crippen LogP contribution in [-0.2, 0) is 13.0 Å². The van der Waals surface area contributed by atoms with E-state index >= 15 is 0 Å². The smallest absolute Gasteiger partial charge is 0.138 e. The molecule has 1 aromatic heterocycles. The molecule has 124 valence electrons. The van der Waals surface area contributed by atoms with Crippen molar-refractivity contribution >= 4 is 11.6 Å². The highest BCUT2D eigenvalue weighted by Gasteiger charge is 2.09. The zero-order valence-electron chi connectivity index (χ0n) is 13.9. The molecule has 0 unspecified atom stereocenters. The molecule has 3 rings (SSSR count). The van der Waals surface area contributed by atoms with Crippen molar-refractivity contribution in [3.63, 3.8) is 0 Å². The highest BCUT2D eigenvalue weighted by molar-refractivity contribution is 6.30. The van der Waals surface area contributed by atoms with Crippen molar-refractivity contribution in [1.29, 1.82) is 0 Å². The van der Waals surface area contributed by atoms with Crippen LogP contribution >= 0.6 is 11.6 Å². The summed E-state index contributed by atoms with van der Waals surface area (Å²) < 4.78 is 1.63. The first-order chi connectivity index (χ1) is 11.6. The number of aromatic nitrogens is 2. The van der Waals surface area contributed by atoms with Crippen LogP contribution in [-0.4, -0.2) is 14.9 Å². The lowest BCUT2D eigenvalue weighted by molar-refractivity contribution is 0.282. The van der Waals surface area contributed by atoms with Gasteiger partial charge in [0.15, 0.2) is 0 Å². The molecule has 0 fully saturated rings. The molecule has 4 heteroatoms. The minimum absolute atomic E-state index is 0.112. The first-order valence-electron chi connectivity index (χ1n) is 8.11. The van der Waals surface area contributed by atoms with E-state index in [0.29, 0.717) is 16.6 Å². The topological polar surface area (TPSA) is 38.0 Å². The van der Waals surface area contributed by atoms with E-state index in [1.54, 1.807) is 10.9 Å². The van der Waals surface area contributed by atoms with E-state index in [-0.39, 0.29) is 6.61 Å². The summed E-state index contributed by atoms with van der Waals surface area (Å²) in [5.74, 6) is 0.644. The van der Waals surface area contributed by atoms with Gasteiger partial charge in [-0.15, -0.1) is 0 Å². The zero-order chi connectivity index (χ0) is 17.1. The van der Waals surface area contributed by atoms with Gasteiger partial charge in [0.05, 0.1) is 18.5 Å². The van der Waals surface area contributed by atoms with Gasteiger partial charge in [0.25, 0.3) is 0 Å². The van der Waals surface area contributed by atoms with E-state index in [4.69, 9.17) is 11.6 Å². The van der Waals surface area contributed by atoms with E-state index in [1.807, 2.05) is 12.1 Å². The second-order valence-corrected chi connectivity index (χ2v) is 6.73. The van der Waals surface area contributed by atoms with Gasteiger partial charge < -0.3 is 5.11 Å². The Bertz CT molecular complexity index is 822. The Morgan fingerprint density at radius 1 is 1.08 bits per heavy atom. The summed E-state index contributed by atoms with van der Waals surface area (Å²) in [6, 6.07) is 16.8. The molecule has 0 aliphatic heterocycles. The van der Waals surface area contributed by atoms with Crippen molar-refractivity contribution < 1.29 is 5.11 Å². The molecule has 0 saturated heterocycles. The van der Waals surface area contributed by atoms with Crippen molar-refractivity contribution in [2.24, 2.45) is 5.92 Å². The van der Waals surface area contributed by atoms with Crippen molar-refractivity contribution in [3.8, 4) is 16.8 Å². The van der Waals surface area contributed by atoms with Crippen LogP contribution in [0.2, 0.25) is 5.15 Å². The van der Waals surface area contributed by atoms with Gasteiger partial charge in [0.1, 0.15) is 5.15 Å². The standard InChI is InChI=1S/C20H21ClN2O/c1-14(2)10-15-4-3-5-17(11-15)16-6-8-19(9-7-16)23-20(21)18(13-24)12-22-23/h3-9,11-12,14,24H,10,13H2,1-2H3. The minimum atomic E-state index is -0.112. The van der Waals surface area contributed by atoms with Crippen LogP contribution in [0, 0.1) is 5.92 Å². The maximum atomic E-state index is 9.22. The highest BCUT2D eigenvalue weighted by atomic mass is 35.5. The van der Waals surface area contributed by atoms with Gasteiger partial charge in [-0.2, -0.15) is 5.10 Å². The Morgan fingerprint density at radius 3 is 2.46 bits per heavy atom. The fourth-order valence-corrected chi connectivity index (χ4v) is 3.05. The fourth-order valence-electron chi connectivity index (χ4n) is 2.80. The monoisotopic (exact) mass is 340 g/mol. The van der Waals surface area contributed by atoms with E-state index in [2.05, 4.69) is 55.3 Å². The van der Waals surface area contributed by atoms with E-state index in [9.17, 15) is 5.11 Å². The van der Waals surface area contributed by atoms with Crippen molar-refractivity contribution in [1.82, 2.24) is 9.78 Å². The number of aliphatic hydroxyl groups is 1. The molecule has 0 spiro atoms. The Morgan fingerprint density at radius 2 is 1.83 bits per heavy atom. The Kier molecular flexibility index (Phi) is 5.03. The van der Waals surface area contributed by atoms with E-state index < -0.39 is 0 Å². The van der Waals surface area contributed by atoms with Crippen LogP contribution in [0.3, 0.4) is 0 Å². The van der Waals surface area contributed by atoms with Crippen LogP contribution in [0.5, 0.6) is 0 Å². The largest absolute Gasteiger partial charge is 0.392 e. The molecule has 24 heavy (non-hydrogen) atoms. The third kappa shape index (κ3) is 3.53. The number of benzene rings is 2. The molecule has 1 heterocycles. The third-order valence-electron chi connectivity index (χ3n) is 3.97. The summed E-state index contributed by atoms with van der Waals surface area (Å²) in [4.78, 5) is 0. The molecule has 0 amide bonds. The number of aliphatic hydroxyl groups excluding tert-OH is 1. The summed E-state index contributed by atoms with van der Waals surface area (Å²) in [5, 5.41) is 13.9. The minimum Gasteiger partial charge on any atom is -0.392 e. The third-order valence-corrected chi connectivity index (χ3v) is 4.37. The van der Waals surface area contributed by atoms with E-state index in [1.165, 1.54) is 11.1 Å². The van der Waals surface area contributed by atoms with Crippen LogP contribution in [0.1, 0.15) is 25.0 Å². The van der Waals surface area contributed by atoms with Crippen LogP contribution in [0.4, 0.5) is 0 Å². The van der Waals surface area contributed by atoms with Crippen LogP contribution in [0.15, 0.2) is 54.7 Å². The maximum Gasteiger partial charge on any atom is 0.138 e. The van der Waals surface area contributed by atoms with Crippen molar-refractivity contribution in [2.75, 3.05) is 0 Å². The lowest BCUT2D eigenvalue weighted by Crippen LogP contribution is -1.97. The molecule has 0 aliphatic carbocycles. The first kappa shape index (κ1) is 16.7. The van der Waals surface area contributed by atoms with Gasteiger partial charge in [-0.1, -0.05) is 61.8 Å². The Balaban J connectivity index is 1.88. The number of nitrogens with zero attached hydrogens (tertiary/aromatic N) is 2. The van der Waals surface area contributed by atoms with Crippen molar-refractivity contribution in [3.05, 3.63) is 71.0 Å². The SMILES string of the molecule is CC(C)Cc1cccc(-c2ccc(-n3ncc(CO)c3Cl)cc2)c1. The summed E-state index contributed by atoms with van der Waals surface area (Å²) in [6.45, 7) is 4.35. The zero-order valence-corrected chi connectivity index (χ0v) is 14.7. The molecule has 3 nitrogen and oxygen atoms in total. The number of hydrogen-bond acceptors (Lipinski definition) is 2. The summed E-state index contributed by atoms with van der Waals surface area (Å²) in [5.41, 5.74) is 5.23. The lowest BCUT2D eigenvalue weighted by atomic mass is 9.98. The summed E-state index contributed by atoms with van der Waals surface area (Å²) >= 11 is 6.23. The average Bonchev–Trinajstić information content (AvgIpc) is 2.95. The predicted octanol–water partition coefficient (Wildman–Crippen LogP) is 4.88. The highest BCUT2D eigenvalue weighted by Crippen LogP contribution is 2.25. The molecule has 0 aliphatic rings. The van der Waals surface area contributed by atoms with Gasteiger partial charge >= 0.3 is 0 Å². The molecule has 0 saturated carbocycles. The summed E-state index contributed by atoms with van der Waals surface area (Å²) in [7, 11) is 0. The van der Waals surface area contributed by atoms with Gasteiger partial charge in [-0.05, 0) is 41.2 Å². The molecule has 3 aromatic rings. The van der Waals surface area contributed by atoms with Gasteiger partial charge in [-0.3, -0.25) is 0 Å². The Labute approximate surface area is 147 Å². The fraction of sp³-hybridized carbons (Fsp3) is 0.250. The quantitative estimate of drug-likeness (QED) is 0.718. The molecule has 2 aromatic carbocycles. The number of rotatable bonds is 5. The van der Waals surface area contributed by atoms with Gasteiger partial charge in [0.2, 0.25) is 0 Å². The first-order valence-corrected chi connectivity index (χ1v) is 8.49. The van der Waals surface area contributed by atoms with Crippen LogP contribution < -0.4 is 0 Å². The normalized spacial score (nSPS) is 11.2. The molecular formula is C20H21ClN2O. The number of hydrogen-bond donors (Lipinski definition) is 1. The predicted molar refractivity (Wildman–Crippen MR) is 98.5 cm³/mol. The van der Waals surface area contributed by atoms with Gasteiger partial charge in [-0.25, -0.2) is 4.68 Å². The second-order valence-electron chi connectivity index (χ2n) is 6.38.